The van der Waals surface area contributed by atoms with Crippen LogP contribution in [0, 0.1) is 19.8 Å². The highest BCUT2D eigenvalue weighted by Gasteiger charge is 2.37. The largest absolute Gasteiger partial charge is 0.487 e. The van der Waals surface area contributed by atoms with Crippen LogP contribution >= 0.6 is 11.6 Å². The summed E-state index contributed by atoms with van der Waals surface area (Å²) in [5.74, 6) is 0.926. The number of hydrogen-bond donors (Lipinski definition) is 3. The first-order valence-corrected chi connectivity index (χ1v) is 10.4. The van der Waals surface area contributed by atoms with Gasteiger partial charge in [-0.3, -0.25) is 4.79 Å². The number of fused-ring (bicyclic) bond motifs is 1. The summed E-state index contributed by atoms with van der Waals surface area (Å²) in [5.41, 5.74) is 3.89. The number of aromatic nitrogens is 1. The number of aliphatic hydroxyl groups excluding tert-OH is 1. The number of rotatable bonds is 5. The minimum absolute atomic E-state index is 0.0339. The second-order valence-corrected chi connectivity index (χ2v) is 8.53. The summed E-state index contributed by atoms with van der Waals surface area (Å²) in [4.78, 5) is 16.0. The van der Waals surface area contributed by atoms with Crippen LogP contribution in [0.2, 0.25) is 5.02 Å². The molecular weight excluding hydrogens is 376 g/mol. The van der Waals surface area contributed by atoms with E-state index in [1.807, 2.05) is 32.0 Å². The van der Waals surface area contributed by atoms with Crippen molar-refractivity contribution in [1.29, 1.82) is 0 Å². The molecule has 150 valence electrons. The first-order valence-electron chi connectivity index (χ1n) is 9.99. The maximum Gasteiger partial charge on any atom is 0.169 e. The van der Waals surface area contributed by atoms with Crippen LogP contribution in [0.25, 0.3) is 0 Å². The number of Topliss-reactive ketones (excluding diaryl/α,β-unsaturated/α-hetero) is 1. The van der Waals surface area contributed by atoms with E-state index < -0.39 is 6.10 Å². The predicted octanol–water partition coefficient (Wildman–Crippen LogP) is 3.59. The fourth-order valence-electron chi connectivity index (χ4n) is 4.42. The highest BCUT2D eigenvalue weighted by molar-refractivity contribution is 6.30. The van der Waals surface area contributed by atoms with Gasteiger partial charge in [-0.2, -0.15) is 0 Å². The number of hydrogen-bond acceptors (Lipinski definition) is 4. The van der Waals surface area contributed by atoms with E-state index in [1.165, 1.54) is 0 Å². The van der Waals surface area contributed by atoms with Crippen molar-refractivity contribution >= 4 is 17.4 Å². The molecule has 2 aliphatic carbocycles. The second-order valence-electron chi connectivity index (χ2n) is 8.09. The summed E-state index contributed by atoms with van der Waals surface area (Å²) in [5, 5.41) is 14.8. The van der Waals surface area contributed by atoms with Crippen molar-refractivity contribution in [1.82, 2.24) is 10.3 Å². The Morgan fingerprint density at radius 1 is 1.25 bits per heavy atom. The lowest BCUT2D eigenvalue weighted by Gasteiger charge is -2.26. The SMILES string of the molecule is Cc1cc2c([nH]1)CCC(CNC1CCC(Oc3ccc(Cl)cc3C)C1O)C2=O. The van der Waals surface area contributed by atoms with Crippen LogP contribution in [0.15, 0.2) is 24.3 Å². The molecule has 4 rings (SSSR count). The fourth-order valence-corrected chi connectivity index (χ4v) is 4.65. The third-order valence-electron chi connectivity index (χ3n) is 6.01. The number of nitrogens with one attached hydrogen (secondary N) is 2. The van der Waals surface area contributed by atoms with Gasteiger partial charge < -0.3 is 20.1 Å². The van der Waals surface area contributed by atoms with Gasteiger partial charge in [0.05, 0.1) is 0 Å². The lowest BCUT2D eigenvalue weighted by molar-refractivity contribution is 0.0438. The number of ether oxygens (including phenoxy) is 1. The first-order chi connectivity index (χ1) is 13.4. The summed E-state index contributed by atoms with van der Waals surface area (Å²) in [7, 11) is 0. The van der Waals surface area contributed by atoms with Crippen LogP contribution in [0.4, 0.5) is 0 Å². The van der Waals surface area contributed by atoms with E-state index in [1.54, 1.807) is 6.07 Å². The maximum atomic E-state index is 12.7. The van der Waals surface area contributed by atoms with Gasteiger partial charge in [0.25, 0.3) is 0 Å². The van der Waals surface area contributed by atoms with E-state index in [0.717, 1.165) is 53.9 Å². The molecule has 0 bridgehead atoms. The van der Waals surface area contributed by atoms with E-state index >= 15 is 0 Å². The number of aryl methyl sites for hydroxylation is 3. The topological polar surface area (TPSA) is 74.3 Å². The number of halogens is 1. The molecule has 0 aliphatic heterocycles. The van der Waals surface area contributed by atoms with Gasteiger partial charge in [0, 0.05) is 40.5 Å². The molecule has 5 nitrogen and oxygen atoms in total. The van der Waals surface area contributed by atoms with E-state index in [-0.39, 0.29) is 23.8 Å². The van der Waals surface area contributed by atoms with Crippen molar-refractivity contribution in [2.24, 2.45) is 5.92 Å². The molecule has 1 heterocycles. The van der Waals surface area contributed by atoms with Crippen molar-refractivity contribution < 1.29 is 14.6 Å². The van der Waals surface area contributed by atoms with E-state index in [0.29, 0.717) is 11.6 Å². The van der Waals surface area contributed by atoms with Gasteiger partial charge in [-0.05, 0) is 69.4 Å². The Balaban J connectivity index is 1.33. The molecule has 2 aliphatic rings. The highest BCUT2D eigenvalue weighted by Crippen LogP contribution is 2.30. The van der Waals surface area contributed by atoms with Crippen molar-refractivity contribution in [3.8, 4) is 5.75 Å². The van der Waals surface area contributed by atoms with Gasteiger partial charge in [-0.1, -0.05) is 11.6 Å². The molecule has 6 heteroatoms. The summed E-state index contributed by atoms with van der Waals surface area (Å²) in [6, 6.07) is 7.40. The Morgan fingerprint density at radius 3 is 2.86 bits per heavy atom. The molecule has 4 unspecified atom stereocenters. The number of ketones is 1. The molecule has 0 amide bonds. The summed E-state index contributed by atoms with van der Waals surface area (Å²) < 4.78 is 6.05. The molecule has 0 radical (unpaired) electrons. The lowest BCUT2D eigenvalue weighted by atomic mass is 9.86. The van der Waals surface area contributed by atoms with E-state index in [4.69, 9.17) is 16.3 Å². The molecule has 28 heavy (non-hydrogen) atoms. The van der Waals surface area contributed by atoms with E-state index in [9.17, 15) is 9.90 Å². The van der Waals surface area contributed by atoms with Gasteiger partial charge in [0.15, 0.2) is 5.78 Å². The predicted molar refractivity (Wildman–Crippen MR) is 109 cm³/mol. The second kappa shape index (κ2) is 7.90. The molecule has 0 saturated heterocycles. The molecule has 2 aromatic rings. The average Bonchev–Trinajstić information content (AvgIpc) is 3.20. The van der Waals surface area contributed by atoms with Crippen LogP contribution in [-0.4, -0.2) is 40.7 Å². The third kappa shape index (κ3) is 3.84. The first kappa shape index (κ1) is 19.5. The Bertz CT molecular complexity index is 879. The molecule has 1 saturated carbocycles. The Morgan fingerprint density at radius 2 is 2.07 bits per heavy atom. The molecular formula is C22H27ClN2O3. The Hall–Kier alpha value is -1.82. The number of benzene rings is 1. The van der Waals surface area contributed by atoms with Crippen LogP contribution in [-0.2, 0) is 6.42 Å². The van der Waals surface area contributed by atoms with Gasteiger partial charge in [-0.15, -0.1) is 0 Å². The fraction of sp³-hybridized carbons (Fsp3) is 0.500. The minimum atomic E-state index is -0.598. The number of H-pyrrole nitrogens is 1. The molecule has 0 spiro atoms. The Kier molecular flexibility index (Phi) is 5.50. The number of aromatic amines is 1. The average molecular weight is 403 g/mol. The molecule has 4 atom stereocenters. The van der Waals surface area contributed by atoms with Crippen LogP contribution in [0.5, 0.6) is 5.75 Å². The monoisotopic (exact) mass is 402 g/mol. The zero-order valence-electron chi connectivity index (χ0n) is 16.3. The van der Waals surface area contributed by atoms with Crippen LogP contribution < -0.4 is 10.1 Å². The normalized spacial score (nSPS) is 27.1. The quantitative estimate of drug-likeness (QED) is 0.714. The number of carbonyl (C=O) groups is 1. The van der Waals surface area contributed by atoms with Crippen LogP contribution in [0.1, 0.15) is 46.6 Å². The van der Waals surface area contributed by atoms with Crippen LogP contribution in [0.3, 0.4) is 0 Å². The number of aliphatic hydroxyl groups is 1. The molecule has 1 aromatic carbocycles. The maximum absolute atomic E-state index is 12.7. The molecule has 1 fully saturated rings. The van der Waals surface area contributed by atoms with Crippen molar-refractivity contribution in [3.05, 3.63) is 51.8 Å². The highest BCUT2D eigenvalue weighted by atomic mass is 35.5. The standard InChI is InChI=1S/C22H27ClN2O3/c1-12-9-15(23)4-7-19(12)28-20-8-6-18(22(20)27)24-11-14-3-5-17-16(21(14)26)10-13(2)25-17/h4,7,9-10,14,18,20,22,24-25,27H,3,5-6,8,11H2,1-2H3. The van der Waals surface area contributed by atoms with Crippen molar-refractivity contribution in [2.45, 2.75) is 57.8 Å². The van der Waals surface area contributed by atoms with Gasteiger partial charge >= 0.3 is 0 Å². The van der Waals surface area contributed by atoms with Crippen molar-refractivity contribution in [2.75, 3.05) is 6.54 Å². The van der Waals surface area contributed by atoms with Gasteiger partial charge in [-0.25, -0.2) is 0 Å². The minimum Gasteiger partial charge on any atom is -0.487 e. The number of carbonyl (C=O) groups excluding carboxylic acids is 1. The van der Waals surface area contributed by atoms with E-state index in [2.05, 4.69) is 10.3 Å². The summed E-state index contributed by atoms with van der Waals surface area (Å²) >= 11 is 6.00. The summed E-state index contributed by atoms with van der Waals surface area (Å²) in [6.45, 7) is 4.52. The smallest absolute Gasteiger partial charge is 0.169 e. The van der Waals surface area contributed by atoms with Crippen molar-refractivity contribution in [3.63, 3.8) is 0 Å². The zero-order valence-corrected chi connectivity index (χ0v) is 17.1. The third-order valence-corrected chi connectivity index (χ3v) is 6.25. The van der Waals surface area contributed by atoms with Gasteiger partial charge in [0.1, 0.15) is 18.0 Å². The Labute approximate surface area is 170 Å². The lowest BCUT2D eigenvalue weighted by Crippen LogP contribution is -2.44. The molecule has 3 N–H and O–H groups in total. The zero-order chi connectivity index (χ0) is 19.8. The molecule has 1 aromatic heterocycles. The van der Waals surface area contributed by atoms with Gasteiger partial charge in [0.2, 0.25) is 0 Å². The summed E-state index contributed by atoms with van der Waals surface area (Å²) in [6.07, 6.45) is 2.49.